The number of anilines is 1. The molecule has 0 spiro atoms. The van der Waals surface area contributed by atoms with Gasteiger partial charge in [0, 0.05) is 12.3 Å². The van der Waals surface area contributed by atoms with E-state index in [1.165, 1.54) is 11.1 Å². The Morgan fingerprint density at radius 3 is 2.50 bits per heavy atom. The van der Waals surface area contributed by atoms with E-state index < -0.39 is 0 Å². The third-order valence-electron chi connectivity index (χ3n) is 2.24. The first-order chi connectivity index (χ1) is 6.69. The van der Waals surface area contributed by atoms with E-state index in [9.17, 15) is 0 Å². The molecular weight excluding hydrogens is 194 g/mol. The Morgan fingerprint density at radius 1 is 1.29 bits per heavy atom. The van der Waals surface area contributed by atoms with Crippen LogP contribution in [0, 0.1) is 13.8 Å². The molecule has 0 amide bonds. The average Bonchev–Trinajstić information content (AvgIpc) is 2.19. The molecule has 0 heterocycles. The van der Waals surface area contributed by atoms with Crippen LogP contribution in [0.3, 0.4) is 0 Å². The van der Waals surface area contributed by atoms with E-state index in [0.717, 1.165) is 23.7 Å². The van der Waals surface area contributed by atoms with Crippen molar-refractivity contribution in [1.29, 1.82) is 0 Å². The fourth-order valence-corrected chi connectivity index (χ4v) is 1.40. The van der Waals surface area contributed by atoms with Gasteiger partial charge in [-0.1, -0.05) is 0 Å². The van der Waals surface area contributed by atoms with Crippen LogP contribution in [-0.4, -0.2) is 19.4 Å². The second-order valence-corrected chi connectivity index (χ2v) is 3.73. The molecule has 1 rings (SSSR count). The maximum atomic E-state index is 5.29. The van der Waals surface area contributed by atoms with Gasteiger partial charge in [-0.15, -0.1) is 0 Å². The molecule has 0 aliphatic rings. The summed E-state index contributed by atoms with van der Waals surface area (Å²) in [7, 11) is 1.69. The average molecular weight is 211 g/mol. The summed E-state index contributed by atoms with van der Waals surface area (Å²) in [5, 5.41) is 3.28. The second kappa shape index (κ2) is 5.15. The lowest BCUT2D eigenvalue weighted by Crippen LogP contribution is -2.04. The molecule has 3 heteroatoms. The number of methoxy groups -OCH3 is 1. The van der Waals surface area contributed by atoms with Crippen LogP contribution in [0.5, 0.6) is 5.75 Å². The highest BCUT2D eigenvalue weighted by molar-refractivity contribution is 7.80. The monoisotopic (exact) mass is 211 g/mol. The molecule has 1 N–H and O–H groups in total. The molecule has 0 bridgehead atoms. The van der Waals surface area contributed by atoms with E-state index in [1.807, 2.05) is 0 Å². The van der Waals surface area contributed by atoms with Crippen LogP contribution in [-0.2, 0) is 0 Å². The zero-order chi connectivity index (χ0) is 10.6. The maximum absolute atomic E-state index is 5.29. The van der Waals surface area contributed by atoms with Gasteiger partial charge >= 0.3 is 0 Å². The molecule has 0 saturated heterocycles. The van der Waals surface area contributed by atoms with E-state index in [-0.39, 0.29) is 0 Å². The second-order valence-electron chi connectivity index (χ2n) is 3.29. The molecule has 0 aliphatic carbocycles. The standard InChI is InChI=1S/C11H17NOS/c1-8-6-10(12-4-5-14)11(13-3)7-9(8)2/h6-7,12,14H,4-5H2,1-3H3. The first kappa shape index (κ1) is 11.2. The number of hydrogen-bond acceptors (Lipinski definition) is 3. The highest BCUT2D eigenvalue weighted by Crippen LogP contribution is 2.27. The third kappa shape index (κ3) is 2.58. The minimum atomic E-state index is 0.816. The summed E-state index contributed by atoms with van der Waals surface area (Å²) in [5.74, 6) is 1.71. The van der Waals surface area contributed by atoms with Crippen LogP contribution in [0.4, 0.5) is 5.69 Å². The molecule has 0 aliphatic heterocycles. The molecule has 0 unspecified atom stereocenters. The lowest BCUT2D eigenvalue weighted by Gasteiger charge is -2.12. The zero-order valence-electron chi connectivity index (χ0n) is 8.92. The quantitative estimate of drug-likeness (QED) is 0.747. The van der Waals surface area contributed by atoms with Crippen molar-refractivity contribution in [3.05, 3.63) is 23.3 Å². The fraction of sp³-hybridized carbons (Fsp3) is 0.455. The number of aryl methyl sites for hydroxylation is 2. The Labute approximate surface area is 91.1 Å². The maximum Gasteiger partial charge on any atom is 0.142 e. The molecule has 0 saturated carbocycles. The predicted molar refractivity (Wildman–Crippen MR) is 64.8 cm³/mol. The van der Waals surface area contributed by atoms with E-state index >= 15 is 0 Å². The van der Waals surface area contributed by atoms with Crippen molar-refractivity contribution in [2.45, 2.75) is 13.8 Å². The Bertz CT molecular complexity index is 312. The van der Waals surface area contributed by atoms with E-state index in [1.54, 1.807) is 7.11 Å². The Balaban J connectivity index is 2.95. The number of hydrogen-bond donors (Lipinski definition) is 2. The van der Waals surface area contributed by atoms with Crippen LogP contribution in [0.1, 0.15) is 11.1 Å². The highest BCUT2D eigenvalue weighted by Gasteiger charge is 2.04. The zero-order valence-corrected chi connectivity index (χ0v) is 9.82. The topological polar surface area (TPSA) is 21.3 Å². The Kier molecular flexibility index (Phi) is 4.14. The van der Waals surface area contributed by atoms with Gasteiger partial charge in [-0.25, -0.2) is 0 Å². The summed E-state index contributed by atoms with van der Waals surface area (Å²) >= 11 is 4.16. The summed E-state index contributed by atoms with van der Waals surface area (Å²) in [6, 6.07) is 4.16. The van der Waals surface area contributed by atoms with E-state index in [0.29, 0.717) is 0 Å². The van der Waals surface area contributed by atoms with Crippen molar-refractivity contribution in [3.63, 3.8) is 0 Å². The number of benzene rings is 1. The van der Waals surface area contributed by atoms with Gasteiger partial charge in [0.2, 0.25) is 0 Å². The summed E-state index contributed by atoms with van der Waals surface area (Å²) in [4.78, 5) is 0. The van der Waals surface area contributed by atoms with Crippen molar-refractivity contribution in [2.75, 3.05) is 24.7 Å². The van der Waals surface area contributed by atoms with Crippen molar-refractivity contribution < 1.29 is 4.74 Å². The minimum absolute atomic E-state index is 0.816. The molecule has 2 nitrogen and oxygen atoms in total. The van der Waals surface area contributed by atoms with Gasteiger partial charge in [-0.2, -0.15) is 12.6 Å². The minimum Gasteiger partial charge on any atom is -0.495 e. The fourth-order valence-electron chi connectivity index (χ4n) is 1.29. The number of thiol groups is 1. The van der Waals surface area contributed by atoms with Crippen LogP contribution in [0.25, 0.3) is 0 Å². The van der Waals surface area contributed by atoms with Gasteiger partial charge in [-0.05, 0) is 37.1 Å². The van der Waals surface area contributed by atoms with Crippen molar-refractivity contribution in [2.24, 2.45) is 0 Å². The third-order valence-corrected chi connectivity index (χ3v) is 2.47. The highest BCUT2D eigenvalue weighted by atomic mass is 32.1. The molecule has 0 radical (unpaired) electrons. The van der Waals surface area contributed by atoms with E-state index in [2.05, 4.69) is 43.9 Å². The first-order valence-corrected chi connectivity index (χ1v) is 5.32. The van der Waals surface area contributed by atoms with Gasteiger partial charge in [0.1, 0.15) is 5.75 Å². The van der Waals surface area contributed by atoms with Gasteiger partial charge < -0.3 is 10.1 Å². The normalized spacial score (nSPS) is 10.0. The Morgan fingerprint density at radius 2 is 1.93 bits per heavy atom. The number of ether oxygens (including phenoxy) is 1. The summed E-state index contributed by atoms with van der Waals surface area (Å²) in [5.41, 5.74) is 3.57. The molecule has 78 valence electrons. The number of nitrogens with one attached hydrogen (secondary N) is 1. The molecule has 0 aromatic heterocycles. The van der Waals surface area contributed by atoms with Crippen LogP contribution in [0.2, 0.25) is 0 Å². The first-order valence-electron chi connectivity index (χ1n) is 4.69. The van der Waals surface area contributed by atoms with Gasteiger partial charge in [0.05, 0.1) is 12.8 Å². The van der Waals surface area contributed by atoms with Gasteiger partial charge in [-0.3, -0.25) is 0 Å². The number of rotatable bonds is 4. The van der Waals surface area contributed by atoms with Gasteiger partial charge in [0.25, 0.3) is 0 Å². The Hall–Kier alpha value is -0.830. The lowest BCUT2D eigenvalue weighted by molar-refractivity contribution is 0.416. The van der Waals surface area contributed by atoms with Crippen LogP contribution in [0.15, 0.2) is 12.1 Å². The largest absolute Gasteiger partial charge is 0.495 e. The summed E-state index contributed by atoms with van der Waals surface area (Å²) < 4.78 is 5.29. The van der Waals surface area contributed by atoms with Crippen LogP contribution >= 0.6 is 12.6 Å². The molecular formula is C11H17NOS. The predicted octanol–water partition coefficient (Wildman–Crippen LogP) is 2.65. The lowest BCUT2D eigenvalue weighted by atomic mass is 10.1. The van der Waals surface area contributed by atoms with Crippen molar-refractivity contribution in [3.8, 4) is 5.75 Å². The molecule has 14 heavy (non-hydrogen) atoms. The van der Waals surface area contributed by atoms with Crippen molar-refractivity contribution >= 4 is 18.3 Å². The summed E-state index contributed by atoms with van der Waals surface area (Å²) in [6.45, 7) is 5.03. The van der Waals surface area contributed by atoms with Gasteiger partial charge in [0.15, 0.2) is 0 Å². The van der Waals surface area contributed by atoms with Crippen LogP contribution < -0.4 is 10.1 Å². The smallest absolute Gasteiger partial charge is 0.142 e. The molecule has 0 atom stereocenters. The van der Waals surface area contributed by atoms with Crippen molar-refractivity contribution in [1.82, 2.24) is 0 Å². The molecule has 1 aromatic carbocycles. The van der Waals surface area contributed by atoms with E-state index in [4.69, 9.17) is 4.74 Å². The summed E-state index contributed by atoms with van der Waals surface area (Å²) in [6.07, 6.45) is 0. The molecule has 0 fully saturated rings. The SMILES string of the molecule is COc1cc(C)c(C)cc1NCCS. The molecule has 1 aromatic rings.